The van der Waals surface area contributed by atoms with Crippen molar-refractivity contribution in [3.8, 4) is 5.75 Å². The summed E-state index contributed by atoms with van der Waals surface area (Å²) in [5.41, 5.74) is 2.38. The van der Waals surface area contributed by atoms with Gasteiger partial charge in [0, 0.05) is 18.1 Å². The standard InChI is InChI=1S/C19H20ClNO3/c20-16-4-5-17(18(23)10-16)19(24)21-7-6-14(11-21)8-13-2-1-3-15(9-13)12-22/h1-5,9-10,14,22-23H,6-8,11-12H2/t14-/m0/s1. The van der Waals surface area contributed by atoms with Crippen molar-refractivity contribution in [3.05, 3.63) is 64.2 Å². The zero-order valence-electron chi connectivity index (χ0n) is 13.3. The smallest absolute Gasteiger partial charge is 0.257 e. The molecule has 0 aliphatic carbocycles. The molecule has 5 heteroatoms. The topological polar surface area (TPSA) is 60.8 Å². The molecule has 1 atom stereocenters. The second-order valence-corrected chi connectivity index (χ2v) is 6.69. The number of carbonyl (C=O) groups is 1. The second-order valence-electron chi connectivity index (χ2n) is 6.25. The van der Waals surface area contributed by atoms with Crippen molar-refractivity contribution in [1.82, 2.24) is 4.90 Å². The van der Waals surface area contributed by atoms with Crippen LogP contribution in [0.4, 0.5) is 0 Å². The van der Waals surface area contributed by atoms with Crippen molar-refractivity contribution < 1.29 is 15.0 Å². The average molecular weight is 346 g/mol. The van der Waals surface area contributed by atoms with Gasteiger partial charge in [-0.1, -0.05) is 35.9 Å². The van der Waals surface area contributed by atoms with Crippen LogP contribution in [0.25, 0.3) is 0 Å². The number of benzene rings is 2. The summed E-state index contributed by atoms with van der Waals surface area (Å²) in [5.74, 6) is 0.153. The zero-order valence-corrected chi connectivity index (χ0v) is 14.0. The summed E-state index contributed by atoms with van der Waals surface area (Å²) in [6.45, 7) is 1.40. The third-order valence-electron chi connectivity index (χ3n) is 4.46. The van der Waals surface area contributed by atoms with Gasteiger partial charge in [-0.05, 0) is 48.1 Å². The average Bonchev–Trinajstić information content (AvgIpc) is 3.03. The molecule has 0 spiro atoms. The summed E-state index contributed by atoms with van der Waals surface area (Å²) in [6, 6.07) is 12.5. The monoisotopic (exact) mass is 345 g/mol. The molecule has 1 saturated heterocycles. The van der Waals surface area contributed by atoms with E-state index in [2.05, 4.69) is 6.07 Å². The number of rotatable bonds is 4. The minimum atomic E-state index is -0.157. The molecular formula is C19H20ClNO3. The molecule has 0 unspecified atom stereocenters. The minimum Gasteiger partial charge on any atom is -0.507 e. The van der Waals surface area contributed by atoms with Crippen LogP contribution in [0.5, 0.6) is 5.75 Å². The number of halogens is 1. The predicted molar refractivity (Wildman–Crippen MR) is 93.2 cm³/mol. The molecule has 0 aromatic heterocycles. The lowest BCUT2D eigenvalue weighted by Gasteiger charge is -2.17. The number of phenols is 1. The lowest BCUT2D eigenvalue weighted by atomic mass is 9.97. The maximum atomic E-state index is 12.6. The van der Waals surface area contributed by atoms with Gasteiger partial charge in [0.05, 0.1) is 12.2 Å². The Balaban J connectivity index is 1.65. The molecule has 3 rings (SSSR count). The SMILES string of the molecule is O=C(c1ccc(Cl)cc1O)N1CC[C@@H](Cc2cccc(CO)c2)C1. The number of aromatic hydroxyl groups is 1. The van der Waals surface area contributed by atoms with Crippen LogP contribution in [0, 0.1) is 5.92 Å². The van der Waals surface area contributed by atoms with Crippen LogP contribution in [0.1, 0.15) is 27.9 Å². The van der Waals surface area contributed by atoms with Gasteiger partial charge in [0.2, 0.25) is 0 Å². The summed E-state index contributed by atoms with van der Waals surface area (Å²) in [5, 5.41) is 19.6. The van der Waals surface area contributed by atoms with Gasteiger partial charge in [0.25, 0.3) is 5.91 Å². The fourth-order valence-electron chi connectivity index (χ4n) is 3.23. The Morgan fingerprint density at radius 1 is 1.21 bits per heavy atom. The Kier molecular flexibility index (Phi) is 5.07. The number of nitrogens with zero attached hydrogens (tertiary/aromatic N) is 1. The highest BCUT2D eigenvalue weighted by atomic mass is 35.5. The van der Waals surface area contributed by atoms with E-state index in [9.17, 15) is 15.0 Å². The number of phenolic OH excluding ortho intramolecular Hbond substituents is 1. The number of likely N-dealkylation sites (tertiary alicyclic amines) is 1. The van der Waals surface area contributed by atoms with E-state index in [0.717, 1.165) is 18.4 Å². The van der Waals surface area contributed by atoms with Gasteiger partial charge in [-0.15, -0.1) is 0 Å². The third kappa shape index (κ3) is 3.71. The Morgan fingerprint density at radius 2 is 2.00 bits per heavy atom. The van der Waals surface area contributed by atoms with E-state index in [-0.39, 0.29) is 18.3 Å². The van der Waals surface area contributed by atoms with E-state index < -0.39 is 0 Å². The predicted octanol–water partition coefficient (Wildman–Crippen LogP) is 3.24. The van der Waals surface area contributed by atoms with Crippen LogP contribution in [-0.4, -0.2) is 34.1 Å². The largest absolute Gasteiger partial charge is 0.507 e. The molecule has 1 aliphatic rings. The summed E-state index contributed by atoms with van der Waals surface area (Å²) in [6.07, 6.45) is 1.81. The van der Waals surface area contributed by atoms with Gasteiger partial charge in [-0.25, -0.2) is 0 Å². The molecule has 2 N–H and O–H groups in total. The summed E-state index contributed by atoms with van der Waals surface area (Å²) < 4.78 is 0. The molecule has 1 amide bonds. The highest BCUT2D eigenvalue weighted by Crippen LogP contribution is 2.27. The Morgan fingerprint density at radius 3 is 2.75 bits per heavy atom. The van der Waals surface area contributed by atoms with Crippen molar-refractivity contribution in [2.75, 3.05) is 13.1 Å². The molecule has 0 radical (unpaired) electrons. The number of hydrogen-bond donors (Lipinski definition) is 2. The van der Waals surface area contributed by atoms with Gasteiger partial charge in [-0.3, -0.25) is 4.79 Å². The highest BCUT2D eigenvalue weighted by Gasteiger charge is 2.28. The maximum absolute atomic E-state index is 12.6. The first-order valence-electron chi connectivity index (χ1n) is 8.03. The van der Waals surface area contributed by atoms with Crippen molar-refractivity contribution >= 4 is 17.5 Å². The van der Waals surface area contributed by atoms with Gasteiger partial charge in [0.1, 0.15) is 5.75 Å². The molecule has 126 valence electrons. The molecule has 0 saturated carbocycles. The van der Waals surface area contributed by atoms with Gasteiger partial charge < -0.3 is 15.1 Å². The summed E-state index contributed by atoms with van der Waals surface area (Å²) in [7, 11) is 0. The van der Waals surface area contributed by atoms with Crippen LogP contribution >= 0.6 is 11.6 Å². The van der Waals surface area contributed by atoms with Crippen LogP contribution in [-0.2, 0) is 13.0 Å². The number of aliphatic hydroxyl groups is 1. The fraction of sp³-hybridized carbons (Fsp3) is 0.316. The Bertz CT molecular complexity index is 747. The van der Waals surface area contributed by atoms with Crippen molar-refractivity contribution in [2.24, 2.45) is 5.92 Å². The van der Waals surface area contributed by atoms with Crippen LogP contribution in [0.15, 0.2) is 42.5 Å². The molecule has 1 fully saturated rings. The molecular weight excluding hydrogens is 326 g/mol. The van der Waals surface area contributed by atoms with E-state index in [1.54, 1.807) is 17.0 Å². The van der Waals surface area contributed by atoms with E-state index in [1.807, 2.05) is 18.2 Å². The minimum absolute atomic E-state index is 0.0406. The summed E-state index contributed by atoms with van der Waals surface area (Å²) >= 11 is 5.82. The third-order valence-corrected chi connectivity index (χ3v) is 4.70. The maximum Gasteiger partial charge on any atom is 0.257 e. The fourth-order valence-corrected chi connectivity index (χ4v) is 3.39. The summed E-state index contributed by atoms with van der Waals surface area (Å²) in [4.78, 5) is 14.3. The number of carbonyl (C=O) groups excluding carboxylic acids is 1. The molecule has 1 heterocycles. The Hall–Kier alpha value is -2.04. The van der Waals surface area contributed by atoms with E-state index in [0.29, 0.717) is 29.6 Å². The van der Waals surface area contributed by atoms with Gasteiger partial charge >= 0.3 is 0 Å². The van der Waals surface area contributed by atoms with Crippen molar-refractivity contribution in [1.29, 1.82) is 0 Å². The molecule has 0 bridgehead atoms. The van der Waals surface area contributed by atoms with Crippen LogP contribution in [0.3, 0.4) is 0 Å². The molecule has 2 aromatic rings. The molecule has 4 nitrogen and oxygen atoms in total. The number of hydrogen-bond acceptors (Lipinski definition) is 3. The molecule has 1 aliphatic heterocycles. The first kappa shape index (κ1) is 16.8. The highest BCUT2D eigenvalue weighted by molar-refractivity contribution is 6.30. The Labute approximate surface area is 146 Å². The first-order chi connectivity index (χ1) is 11.6. The quantitative estimate of drug-likeness (QED) is 0.894. The van der Waals surface area contributed by atoms with Gasteiger partial charge in [-0.2, -0.15) is 0 Å². The van der Waals surface area contributed by atoms with Crippen LogP contribution < -0.4 is 0 Å². The second kappa shape index (κ2) is 7.24. The lowest BCUT2D eigenvalue weighted by molar-refractivity contribution is 0.0784. The van der Waals surface area contributed by atoms with E-state index in [4.69, 9.17) is 11.6 Å². The molecule has 24 heavy (non-hydrogen) atoms. The zero-order chi connectivity index (χ0) is 17.1. The number of amides is 1. The van der Waals surface area contributed by atoms with E-state index in [1.165, 1.54) is 11.6 Å². The lowest BCUT2D eigenvalue weighted by Crippen LogP contribution is -2.29. The number of aliphatic hydroxyl groups excluding tert-OH is 1. The van der Waals surface area contributed by atoms with Crippen molar-refractivity contribution in [2.45, 2.75) is 19.4 Å². The van der Waals surface area contributed by atoms with E-state index >= 15 is 0 Å². The van der Waals surface area contributed by atoms with Gasteiger partial charge in [0.15, 0.2) is 0 Å². The van der Waals surface area contributed by atoms with Crippen LogP contribution in [0.2, 0.25) is 5.02 Å². The normalized spacial score (nSPS) is 17.2. The van der Waals surface area contributed by atoms with Crippen molar-refractivity contribution in [3.63, 3.8) is 0 Å². The first-order valence-corrected chi connectivity index (χ1v) is 8.41. The molecule has 2 aromatic carbocycles.